The molecule has 0 aliphatic carbocycles. The zero-order chi connectivity index (χ0) is 10.3. The number of aromatic nitrogens is 4. The Balaban J connectivity index is 2.63. The Morgan fingerprint density at radius 3 is 2.57 bits per heavy atom. The van der Waals surface area contributed by atoms with Gasteiger partial charge in [0.25, 0.3) is 0 Å². The number of nitrogens with one attached hydrogen (secondary N) is 1. The molecule has 0 aromatic carbocycles. The molecule has 4 nitrogen and oxygen atoms in total. The van der Waals surface area contributed by atoms with Crippen LogP contribution >= 0.6 is 0 Å². The van der Waals surface area contributed by atoms with E-state index in [2.05, 4.69) is 40.7 Å². The van der Waals surface area contributed by atoms with Crippen molar-refractivity contribution in [3.63, 3.8) is 0 Å². The van der Waals surface area contributed by atoms with Crippen LogP contribution in [-0.4, -0.2) is 19.9 Å². The minimum Gasteiger partial charge on any atom is -0.325 e. The second-order valence-corrected chi connectivity index (χ2v) is 4.52. The van der Waals surface area contributed by atoms with Gasteiger partial charge in [0.05, 0.1) is 11.9 Å². The fourth-order valence-corrected chi connectivity index (χ4v) is 1.24. The molecule has 0 atom stereocenters. The Morgan fingerprint density at radius 2 is 1.93 bits per heavy atom. The van der Waals surface area contributed by atoms with Crippen molar-refractivity contribution in [1.82, 2.24) is 19.9 Å². The van der Waals surface area contributed by atoms with Gasteiger partial charge < -0.3 is 4.98 Å². The summed E-state index contributed by atoms with van der Waals surface area (Å²) >= 11 is 0. The summed E-state index contributed by atoms with van der Waals surface area (Å²) in [6.07, 6.45) is 1.73. The van der Waals surface area contributed by atoms with Crippen LogP contribution in [0.4, 0.5) is 0 Å². The van der Waals surface area contributed by atoms with Crippen molar-refractivity contribution in [3.8, 4) is 0 Å². The third-order valence-corrected chi connectivity index (χ3v) is 2.04. The molecule has 74 valence electrons. The second kappa shape index (κ2) is 2.77. The van der Waals surface area contributed by atoms with Crippen molar-refractivity contribution in [2.45, 2.75) is 33.1 Å². The molecule has 0 spiro atoms. The van der Waals surface area contributed by atoms with Crippen molar-refractivity contribution in [1.29, 1.82) is 0 Å². The highest BCUT2D eigenvalue weighted by atomic mass is 15.1. The molecule has 0 unspecified atom stereocenters. The number of hydrogen-bond acceptors (Lipinski definition) is 3. The predicted molar refractivity (Wildman–Crippen MR) is 55.1 cm³/mol. The van der Waals surface area contributed by atoms with Gasteiger partial charge in [0.15, 0.2) is 11.3 Å². The van der Waals surface area contributed by atoms with E-state index < -0.39 is 0 Å². The van der Waals surface area contributed by atoms with Crippen LogP contribution in [0.3, 0.4) is 0 Å². The number of aromatic amines is 1. The highest BCUT2D eigenvalue weighted by molar-refractivity contribution is 5.65. The average Bonchev–Trinajstić information content (AvgIpc) is 2.45. The Kier molecular flexibility index (Phi) is 1.80. The summed E-state index contributed by atoms with van der Waals surface area (Å²) in [4.78, 5) is 16.1. The maximum absolute atomic E-state index is 4.40. The average molecular weight is 190 g/mol. The normalized spacial score (nSPS) is 12.3. The van der Waals surface area contributed by atoms with E-state index in [1.807, 2.05) is 6.92 Å². The van der Waals surface area contributed by atoms with Crippen LogP contribution in [0, 0.1) is 6.92 Å². The molecule has 4 heteroatoms. The Bertz CT molecular complexity index is 464. The van der Waals surface area contributed by atoms with E-state index >= 15 is 0 Å². The van der Waals surface area contributed by atoms with Crippen LogP contribution in [0.1, 0.15) is 32.3 Å². The van der Waals surface area contributed by atoms with Gasteiger partial charge in [-0.15, -0.1) is 0 Å². The first kappa shape index (κ1) is 9.12. The van der Waals surface area contributed by atoms with E-state index in [4.69, 9.17) is 0 Å². The number of nitrogens with zero attached hydrogens (tertiary/aromatic N) is 3. The summed E-state index contributed by atoms with van der Waals surface area (Å²) in [5.41, 5.74) is 2.38. The fraction of sp³-hybridized carbons (Fsp3) is 0.500. The minimum absolute atomic E-state index is 0.0102. The van der Waals surface area contributed by atoms with Gasteiger partial charge in [-0.25, -0.2) is 15.0 Å². The third kappa shape index (κ3) is 1.47. The van der Waals surface area contributed by atoms with E-state index in [0.29, 0.717) is 5.65 Å². The summed E-state index contributed by atoms with van der Waals surface area (Å²) in [7, 11) is 0. The van der Waals surface area contributed by atoms with E-state index in [0.717, 1.165) is 17.2 Å². The minimum atomic E-state index is 0.0102. The molecule has 2 aromatic heterocycles. The van der Waals surface area contributed by atoms with Crippen LogP contribution in [0.2, 0.25) is 0 Å². The molecule has 2 aromatic rings. The molecule has 2 heterocycles. The quantitative estimate of drug-likeness (QED) is 0.690. The first-order valence-corrected chi connectivity index (χ1v) is 4.66. The van der Waals surface area contributed by atoms with E-state index in [1.54, 1.807) is 6.20 Å². The highest BCUT2D eigenvalue weighted by Crippen LogP contribution is 2.20. The SMILES string of the molecule is Cc1cnc2nc(C(C)(C)C)[nH]c2n1. The summed E-state index contributed by atoms with van der Waals surface area (Å²) < 4.78 is 0. The standard InChI is InChI=1S/C10H14N4/c1-6-5-11-7-8(12-6)14-9(13-7)10(2,3)4/h5H,1-4H3,(H,11,12,13,14). The van der Waals surface area contributed by atoms with Gasteiger partial charge in [0, 0.05) is 5.41 Å². The maximum atomic E-state index is 4.40. The van der Waals surface area contributed by atoms with Gasteiger partial charge in [0.1, 0.15) is 5.82 Å². The molecule has 0 fully saturated rings. The molecule has 14 heavy (non-hydrogen) atoms. The topological polar surface area (TPSA) is 54.5 Å². The molecule has 0 saturated carbocycles. The zero-order valence-electron chi connectivity index (χ0n) is 8.92. The third-order valence-electron chi connectivity index (χ3n) is 2.04. The molecular formula is C10H14N4. The lowest BCUT2D eigenvalue weighted by Gasteiger charge is -2.13. The summed E-state index contributed by atoms with van der Waals surface area (Å²) in [5, 5.41) is 0. The lowest BCUT2D eigenvalue weighted by atomic mass is 9.96. The first-order chi connectivity index (χ1) is 6.47. The molecule has 0 radical (unpaired) electrons. The van der Waals surface area contributed by atoms with Crippen molar-refractivity contribution < 1.29 is 0 Å². The molecule has 1 N–H and O–H groups in total. The maximum Gasteiger partial charge on any atom is 0.197 e. The zero-order valence-corrected chi connectivity index (χ0v) is 8.92. The van der Waals surface area contributed by atoms with Gasteiger partial charge in [-0.1, -0.05) is 20.8 Å². The van der Waals surface area contributed by atoms with Gasteiger partial charge in [-0.3, -0.25) is 0 Å². The number of fused-ring (bicyclic) bond motifs is 1. The number of imidazole rings is 1. The number of hydrogen-bond donors (Lipinski definition) is 1. The number of rotatable bonds is 0. The van der Waals surface area contributed by atoms with Crippen LogP contribution in [-0.2, 0) is 5.41 Å². The van der Waals surface area contributed by atoms with Gasteiger partial charge in [-0.05, 0) is 6.92 Å². The van der Waals surface area contributed by atoms with E-state index in [-0.39, 0.29) is 5.41 Å². The van der Waals surface area contributed by atoms with Gasteiger partial charge in [-0.2, -0.15) is 0 Å². The lowest BCUT2D eigenvalue weighted by molar-refractivity contribution is 0.554. The fourth-order valence-electron chi connectivity index (χ4n) is 1.24. The number of aryl methyl sites for hydroxylation is 1. The summed E-state index contributed by atoms with van der Waals surface area (Å²) in [6.45, 7) is 8.25. The monoisotopic (exact) mass is 190 g/mol. The van der Waals surface area contributed by atoms with E-state index in [9.17, 15) is 0 Å². The van der Waals surface area contributed by atoms with Crippen molar-refractivity contribution >= 4 is 11.3 Å². The lowest BCUT2D eigenvalue weighted by Crippen LogP contribution is -2.13. The first-order valence-electron chi connectivity index (χ1n) is 4.66. The molecule has 2 rings (SSSR count). The molecule has 0 aliphatic heterocycles. The van der Waals surface area contributed by atoms with Crippen LogP contribution in [0.5, 0.6) is 0 Å². The second-order valence-electron chi connectivity index (χ2n) is 4.52. The van der Waals surface area contributed by atoms with Gasteiger partial charge >= 0.3 is 0 Å². The van der Waals surface area contributed by atoms with Crippen LogP contribution in [0.15, 0.2) is 6.20 Å². The van der Waals surface area contributed by atoms with Crippen molar-refractivity contribution in [2.24, 2.45) is 0 Å². The molecule has 0 amide bonds. The number of H-pyrrole nitrogens is 1. The van der Waals surface area contributed by atoms with Crippen LogP contribution < -0.4 is 0 Å². The molecular weight excluding hydrogens is 176 g/mol. The smallest absolute Gasteiger partial charge is 0.197 e. The predicted octanol–water partition coefficient (Wildman–Crippen LogP) is 1.96. The Morgan fingerprint density at radius 1 is 1.21 bits per heavy atom. The summed E-state index contributed by atoms with van der Waals surface area (Å²) in [5.74, 6) is 0.929. The molecule has 0 saturated heterocycles. The molecule has 0 aliphatic rings. The Hall–Kier alpha value is -1.45. The van der Waals surface area contributed by atoms with Crippen molar-refractivity contribution in [2.75, 3.05) is 0 Å². The van der Waals surface area contributed by atoms with Crippen molar-refractivity contribution in [3.05, 3.63) is 17.7 Å². The summed E-state index contributed by atoms with van der Waals surface area (Å²) in [6, 6.07) is 0. The van der Waals surface area contributed by atoms with Crippen LogP contribution in [0.25, 0.3) is 11.3 Å². The van der Waals surface area contributed by atoms with E-state index in [1.165, 1.54) is 0 Å². The highest BCUT2D eigenvalue weighted by Gasteiger charge is 2.18. The Labute approximate surface area is 82.8 Å². The largest absolute Gasteiger partial charge is 0.325 e. The molecule has 0 bridgehead atoms. The van der Waals surface area contributed by atoms with Gasteiger partial charge in [0.2, 0.25) is 0 Å².